The SMILES string of the molecule is CC(O)C1CCN(Cc2cccc(C(=O)O)c2)CC1. The molecule has 4 heteroatoms. The molecule has 104 valence electrons. The van der Waals surface area contributed by atoms with E-state index in [2.05, 4.69) is 4.90 Å². The summed E-state index contributed by atoms with van der Waals surface area (Å²) < 4.78 is 0. The van der Waals surface area contributed by atoms with Gasteiger partial charge in [0.15, 0.2) is 0 Å². The second kappa shape index (κ2) is 6.17. The monoisotopic (exact) mass is 263 g/mol. The summed E-state index contributed by atoms with van der Waals surface area (Å²) in [5.74, 6) is -0.476. The number of carboxylic acid groups (broad SMARTS) is 1. The lowest BCUT2D eigenvalue weighted by molar-refractivity contribution is 0.0684. The van der Waals surface area contributed by atoms with Crippen LogP contribution >= 0.6 is 0 Å². The average molecular weight is 263 g/mol. The Balaban J connectivity index is 1.92. The highest BCUT2D eigenvalue weighted by Crippen LogP contribution is 2.22. The lowest BCUT2D eigenvalue weighted by Crippen LogP contribution is -2.36. The minimum atomic E-state index is -0.880. The van der Waals surface area contributed by atoms with Gasteiger partial charge in [-0.25, -0.2) is 4.79 Å². The predicted molar refractivity (Wildman–Crippen MR) is 73.1 cm³/mol. The summed E-state index contributed by atoms with van der Waals surface area (Å²) in [5, 5.41) is 18.5. The molecule has 0 aliphatic carbocycles. The number of aliphatic hydroxyl groups is 1. The fourth-order valence-electron chi connectivity index (χ4n) is 2.65. The van der Waals surface area contributed by atoms with E-state index in [0.29, 0.717) is 11.5 Å². The fraction of sp³-hybridized carbons (Fsp3) is 0.533. The molecule has 1 unspecified atom stereocenters. The molecule has 1 aliphatic rings. The van der Waals surface area contributed by atoms with E-state index < -0.39 is 5.97 Å². The molecule has 0 spiro atoms. The molecule has 19 heavy (non-hydrogen) atoms. The number of aromatic carboxylic acids is 1. The molecule has 1 aromatic carbocycles. The first-order valence-corrected chi connectivity index (χ1v) is 6.79. The number of aliphatic hydroxyl groups excluding tert-OH is 1. The number of carbonyl (C=O) groups is 1. The van der Waals surface area contributed by atoms with Crippen molar-refractivity contribution < 1.29 is 15.0 Å². The number of piperidine rings is 1. The number of nitrogens with zero attached hydrogens (tertiary/aromatic N) is 1. The topological polar surface area (TPSA) is 60.8 Å². The molecular weight excluding hydrogens is 242 g/mol. The maximum Gasteiger partial charge on any atom is 0.335 e. The molecule has 0 saturated carbocycles. The van der Waals surface area contributed by atoms with E-state index in [1.54, 1.807) is 18.2 Å². The van der Waals surface area contributed by atoms with Crippen LogP contribution in [0.4, 0.5) is 0 Å². The second-order valence-corrected chi connectivity index (χ2v) is 5.36. The molecule has 0 amide bonds. The van der Waals surface area contributed by atoms with Crippen LogP contribution in [0, 0.1) is 5.92 Å². The molecule has 2 rings (SSSR count). The van der Waals surface area contributed by atoms with Gasteiger partial charge in [0.2, 0.25) is 0 Å². The van der Waals surface area contributed by atoms with Gasteiger partial charge in [0.05, 0.1) is 11.7 Å². The van der Waals surface area contributed by atoms with Crippen molar-refractivity contribution in [1.82, 2.24) is 4.90 Å². The highest BCUT2D eigenvalue weighted by Gasteiger charge is 2.22. The number of carboxylic acids is 1. The van der Waals surface area contributed by atoms with Crippen molar-refractivity contribution in [1.29, 1.82) is 0 Å². The summed E-state index contributed by atoms with van der Waals surface area (Å²) in [4.78, 5) is 13.2. The van der Waals surface area contributed by atoms with E-state index in [1.165, 1.54) is 0 Å². The summed E-state index contributed by atoms with van der Waals surface area (Å²) in [6.07, 6.45) is 1.80. The zero-order chi connectivity index (χ0) is 13.8. The maximum atomic E-state index is 10.9. The van der Waals surface area contributed by atoms with Crippen LogP contribution in [0.3, 0.4) is 0 Å². The van der Waals surface area contributed by atoms with E-state index in [-0.39, 0.29) is 6.10 Å². The lowest BCUT2D eigenvalue weighted by Gasteiger charge is -2.33. The van der Waals surface area contributed by atoms with Gasteiger partial charge in [0, 0.05) is 6.54 Å². The third-order valence-corrected chi connectivity index (χ3v) is 3.89. The normalized spacial score (nSPS) is 19.3. The summed E-state index contributed by atoms with van der Waals surface area (Å²) >= 11 is 0. The standard InChI is InChI=1S/C15H21NO3/c1-11(17)13-5-7-16(8-6-13)10-12-3-2-4-14(9-12)15(18)19/h2-4,9,11,13,17H,5-8,10H2,1H3,(H,18,19). The molecule has 2 N–H and O–H groups in total. The van der Waals surface area contributed by atoms with Crippen LogP contribution in [0.1, 0.15) is 35.7 Å². The van der Waals surface area contributed by atoms with Crippen molar-refractivity contribution in [3.63, 3.8) is 0 Å². The van der Waals surface area contributed by atoms with E-state index in [1.807, 2.05) is 13.0 Å². The number of hydrogen-bond acceptors (Lipinski definition) is 3. The predicted octanol–water partition coefficient (Wildman–Crippen LogP) is 1.98. The first-order chi connectivity index (χ1) is 9.06. The van der Waals surface area contributed by atoms with Gasteiger partial charge in [0.25, 0.3) is 0 Å². The first kappa shape index (κ1) is 14.0. The smallest absolute Gasteiger partial charge is 0.335 e. The van der Waals surface area contributed by atoms with E-state index in [4.69, 9.17) is 5.11 Å². The highest BCUT2D eigenvalue weighted by molar-refractivity contribution is 5.87. The Kier molecular flexibility index (Phi) is 4.56. The molecule has 1 fully saturated rings. The van der Waals surface area contributed by atoms with Gasteiger partial charge in [-0.1, -0.05) is 12.1 Å². The van der Waals surface area contributed by atoms with Gasteiger partial charge in [-0.05, 0) is 56.5 Å². The van der Waals surface area contributed by atoms with E-state index >= 15 is 0 Å². The molecule has 1 aromatic rings. The first-order valence-electron chi connectivity index (χ1n) is 6.79. The average Bonchev–Trinajstić information content (AvgIpc) is 2.39. The zero-order valence-electron chi connectivity index (χ0n) is 11.2. The Labute approximate surface area is 113 Å². The van der Waals surface area contributed by atoms with Crippen molar-refractivity contribution >= 4 is 5.97 Å². The Morgan fingerprint density at radius 1 is 1.42 bits per heavy atom. The second-order valence-electron chi connectivity index (χ2n) is 5.36. The van der Waals surface area contributed by atoms with Crippen LogP contribution in [-0.2, 0) is 6.54 Å². The van der Waals surface area contributed by atoms with Crippen molar-refractivity contribution in [3.05, 3.63) is 35.4 Å². The Hall–Kier alpha value is -1.39. The number of rotatable bonds is 4. The molecule has 0 radical (unpaired) electrons. The highest BCUT2D eigenvalue weighted by atomic mass is 16.4. The molecule has 1 aliphatic heterocycles. The summed E-state index contributed by atoms with van der Waals surface area (Å²) in [6, 6.07) is 7.11. The van der Waals surface area contributed by atoms with Crippen LogP contribution < -0.4 is 0 Å². The van der Waals surface area contributed by atoms with E-state index in [0.717, 1.165) is 38.0 Å². The largest absolute Gasteiger partial charge is 0.478 e. The quantitative estimate of drug-likeness (QED) is 0.872. The third kappa shape index (κ3) is 3.78. The van der Waals surface area contributed by atoms with Gasteiger partial charge < -0.3 is 10.2 Å². The molecule has 0 bridgehead atoms. The summed E-state index contributed by atoms with van der Waals surface area (Å²) in [6.45, 7) is 4.57. The number of benzene rings is 1. The number of likely N-dealkylation sites (tertiary alicyclic amines) is 1. The van der Waals surface area contributed by atoms with Crippen molar-refractivity contribution in [2.75, 3.05) is 13.1 Å². The lowest BCUT2D eigenvalue weighted by atomic mass is 9.92. The van der Waals surface area contributed by atoms with Gasteiger partial charge >= 0.3 is 5.97 Å². The van der Waals surface area contributed by atoms with Gasteiger partial charge in [-0.15, -0.1) is 0 Å². The van der Waals surface area contributed by atoms with Crippen LogP contribution in [0.25, 0.3) is 0 Å². The molecule has 0 aromatic heterocycles. The summed E-state index contributed by atoms with van der Waals surface area (Å²) in [7, 11) is 0. The molecule has 1 heterocycles. The molecule has 4 nitrogen and oxygen atoms in total. The molecular formula is C15H21NO3. The Bertz CT molecular complexity index is 437. The van der Waals surface area contributed by atoms with Crippen LogP contribution in [0.2, 0.25) is 0 Å². The fourth-order valence-corrected chi connectivity index (χ4v) is 2.65. The van der Waals surface area contributed by atoms with Crippen LogP contribution in [-0.4, -0.2) is 40.3 Å². The summed E-state index contributed by atoms with van der Waals surface area (Å²) in [5.41, 5.74) is 1.38. The minimum Gasteiger partial charge on any atom is -0.478 e. The van der Waals surface area contributed by atoms with Crippen molar-refractivity contribution in [2.24, 2.45) is 5.92 Å². The third-order valence-electron chi connectivity index (χ3n) is 3.89. The van der Waals surface area contributed by atoms with Gasteiger partial charge in [-0.2, -0.15) is 0 Å². The molecule has 1 atom stereocenters. The minimum absolute atomic E-state index is 0.225. The van der Waals surface area contributed by atoms with E-state index in [9.17, 15) is 9.90 Å². The zero-order valence-corrected chi connectivity index (χ0v) is 11.2. The van der Waals surface area contributed by atoms with Crippen molar-refractivity contribution in [2.45, 2.75) is 32.4 Å². The Morgan fingerprint density at radius 3 is 2.68 bits per heavy atom. The van der Waals surface area contributed by atoms with Gasteiger partial charge in [-0.3, -0.25) is 4.90 Å². The molecule has 1 saturated heterocycles. The van der Waals surface area contributed by atoms with Crippen LogP contribution in [0.15, 0.2) is 24.3 Å². The number of hydrogen-bond donors (Lipinski definition) is 2. The van der Waals surface area contributed by atoms with Gasteiger partial charge in [0.1, 0.15) is 0 Å². The van der Waals surface area contributed by atoms with Crippen LogP contribution in [0.5, 0.6) is 0 Å². The van der Waals surface area contributed by atoms with Crippen molar-refractivity contribution in [3.8, 4) is 0 Å². The Morgan fingerprint density at radius 2 is 2.11 bits per heavy atom. The maximum absolute atomic E-state index is 10.9.